The standard InChI is InChI=1S/C72H132N6O32/c1-63(2)70(65(80)62-64(71(85)75-10-13-79)4-3-9-76-72(73)86)77-67(82)8-14-87-16-18-89-20-22-91-24-26-93-28-30-95-32-34-97-36-38-99-40-42-101-44-46-103-48-50-105-52-54-107-56-58-109-60-61-110-59-57-108-55-53-106-51-49-104-47-45-102-43-41-100-39-37-98-35-33-96-31-29-94-27-25-92-23-21-90-19-17-88-15-11-74-66(81)7-12-78-68(83)5-6-69(78)84/h5-6,13,63-64,70H,3-4,7-12,14-62H2,1-2H3,(H,74,81)(H,75,85)(H,77,82)(H3,73,76,86)/t64-,70+/m1/s1/i13D. The van der Waals surface area contributed by atoms with Gasteiger partial charge < -0.3 is 145 Å². The van der Waals surface area contributed by atoms with E-state index in [1.807, 2.05) is 0 Å². The van der Waals surface area contributed by atoms with Gasteiger partial charge in [0, 0.05) is 57.0 Å². The maximum absolute atomic E-state index is 13.2. The monoisotopic (exact) mass is 1590 g/mol. The van der Waals surface area contributed by atoms with Gasteiger partial charge in [-0.3, -0.25) is 33.7 Å². The maximum Gasteiger partial charge on any atom is 0.312 e. The summed E-state index contributed by atoms with van der Waals surface area (Å²) in [6.45, 7) is 24.0. The topological polar surface area (TPSA) is 435 Å². The van der Waals surface area contributed by atoms with Gasteiger partial charge in [-0.05, 0) is 18.8 Å². The highest BCUT2D eigenvalue weighted by molar-refractivity contribution is 6.13. The molecule has 0 bridgehead atoms. The van der Waals surface area contributed by atoms with Gasteiger partial charge in [0.05, 0.1) is 330 Å². The number of urea groups is 1. The highest BCUT2D eigenvalue weighted by Crippen LogP contribution is 2.17. The predicted molar refractivity (Wildman–Crippen MR) is 394 cm³/mol. The number of nitrogens with one attached hydrogen (secondary N) is 4. The molecule has 0 radical (unpaired) electrons. The lowest BCUT2D eigenvalue weighted by molar-refractivity contribution is -0.137. The smallest absolute Gasteiger partial charge is 0.312 e. The summed E-state index contributed by atoms with van der Waals surface area (Å²) in [5.41, 5.74) is 5.09. The molecule has 0 aliphatic carbocycles. The highest BCUT2D eigenvalue weighted by Gasteiger charge is 2.30. The van der Waals surface area contributed by atoms with Crippen molar-refractivity contribution in [1.29, 1.82) is 0 Å². The van der Waals surface area contributed by atoms with Gasteiger partial charge in [0.25, 0.3) is 11.8 Å². The van der Waals surface area contributed by atoms with Crippen LogP contribution in [0.3, 0.4) is 0 Å². The van der Waals surface area contributed by atoms with Crippen LogP contribution in [0.25, 0.3) is 0 Å². The Hall–Kier alpha value is -5.06. The van der Waals surface area contributed by atoms with Gasteiger partial charge in [0.15, 0.2) is 5.78 Å². The van der Waals surface area contributed by atoms with Crippen molar-refractivity contribution >= 4 is 47.6 Å². The SMILES string of the molecule is [2H]C(=O)CNC(=O)[C@H](CCCNC(N)=O)CC(=O)[C@@H](NC(=O)CCOCCOCCOCCOCCOCCOCCOCCOCCOCCOCCOCCOCCOCCOCCOCCOCCOCCOCCOCCOCCOCCOCCOCCOCCNC(=O)CCN1C(=O)C=CC1=O)C(C)C. The fourth-order valence-electron chi connectivity index (χ4n) is 8.93. The Balaban J connectivity index is 1.68. The summed E-state index contributed by atoms with van der Waals surface area (Å²) in [5.74, 6) is -3.51. The van der Waals surface area contributed by atoms with Gasteiger partial charge in [-0.25, -0.2) is 4.79 Å². The van der Waals surface area contributed by atoms with Gasteiger partial charge in [-0.15, -0.1) is 0 Å². The molecule has 2 atom stereocenters. The zero-order valence-corrected chi connectivity index (χ0v) is 65.3. The van der Waals surface area contributed by atoms with Gasteiger partial charge in [0.2, 0.25) is 17.7 Å². The highest BCUT2D eigenvalue weighted by atomic mass is 16.6. The molecule has 1 aliphatic rings. The summed E-state index contributed by atoms with van der Waals surface area (Å²) in [6.07, 6.45) is 1.78. The Morgan fingerprint density at radius 1 is 0.373 bits per heavy atom. The van der Waals surface area contributed by atoms with Crippen LogP contribution in [-0.2, 0) is 147 Å². The van der Waals surface area contributed by atoms with Crippen molar-refractivity contribution in [3.05, 3.63) is 12.2 Å². The molecule has 6 N–H and O–H groups in total. The number of carbonyl (C=O) groups excluding carboxylic acids is 8. The first-order valence-electron chi connectivity index (χ1n) is 38.6. The van der Waals surface area contributed by atoms with Crippen molar-refractivity contribution in [1.82, 2.24) is 26.2 Å². The largest absolute Gasteiger partial charge is 0.379 e. The lowest BCUT2D eigenvalue weighted by Crippen LogP contribution is -2.46. The molecule has 642 valence electrons. The molecule has 0 aromatic rings. The van der Waals surface area contributed by atoms with Crippen LogP contribution in [0.15, 0.2) is 12.2 Å². The van der Waals surface area contributed by atoms with E-state index < -0.39 is 54.4 Å². The Labute approximate surface area is 650 Å². The number of aldehydes is 1. The second-order valence-corrected chi connectivity index (χ2v) is 23.7. The molecular formula is C72H132N6O32. The number of carbonyl (C=O) groups is 8. The van der Waals surface area contributed by atoms with Crippen LogP contribution < -0.4 is 27.0 Å². The molecule has 0 aromatic heterocycles. The first-order valence-corrected chi connectivity index (χ1v) is 38.1. The molecule has 1 rings (SSSR count). The van der Waals surface area contributed by atoms with Crippen LogP contribution in [0.1, 0.15) is 47.3 Å². The lowest BCUT2D eigenvalue weighted by atomic mass is 9.89. The Morgan fingerprint density at radius 2 is 0.636 bits per heavy atom. The first kappa shape index (κ1) is 101. The number of hydrogen-bond donors (Lipinski definition) is 5. The molecule has 38 nitrogen and oxygen atoms in total. The van der Waals surface area contributed by atoms with E-state index in [0.717, 1.165) is 4.90 Å². The van der Waals surface area contributed by atoms with E-state index in [9.17, 15) is 38.4 Å². The van der Waals surface area contributed by atoms with Crippen LogP contribution in [0, 0.1) is 11.8 Å². The third-order valence-corrected chi connectivity index (χ3v) is 14.6. The van der Waals surface area contributed by atoms with E-state index >= 15 is 0 Å². The number of ether oxygens (including phenoxy) is 24. The summed E-state index contributed by atoms with van der Waals surface area (Å²) in [7, 11) is 0. The number of amides is 7. The zero-order chi connectivity index (χ0) is 80.4. The number of hydrogen-bond acceptors (Lipinski definition) is 32. The van der Waals surface area contributed by atoms with Crippen molar-refractivity contribution in [2.75, 3.05) is 343 Å². The van der Waals surface area contributed by atoms with Gasteiger partial charge in [-0.2, -0.15) is 0 Å². The van der Waals surface area contributed by atoms with E-state index in [0.29, 0.717) is 317 Å². The molecular weight excluding hydrogens is 1460 g/mol. The number of primary amides is 1. The van der Waals surface area contributed by atoms with Crippen LogP contribution >= 0.6 is 0 Å². The molecule has 0 unspecified atom stereocenters. The van der Waals surface area contributed by atoms with Gasteiger partial charge in [-0.1, -0.05) is 13.8 Å². The minimum absolute atomic E-state index is 0.00632. The first-order chi connectivity index (χ1) is 54.3. The van der Waals surface area contributed by atoms with Crippen molar-refractivity contribution in [2.45, 2.75) is 52.0 Å². The Kier molecular flexibility index (Phi) is 75.2. The zero-order valence-electron chi connectivity index (χ0n) is 66.3. The number of imide groups is 1. The summed E-state index contributed by atoms with van der Waals surface area (Å²) in [4.78, 5) is 96.5. The fourth-order valence-corrected chi connectivity index (χ4v) is 8.93. The second-order valence-electron chi connectivity index (χ2n) is 23.7. The van der Waals surface area contributed by atoms with E-state index in [4.69, 9.17) is 121 Å². The van der Waals surface area contributed by atoms with Crippen molar-refractivity contribution in [3.8, 4) is 0 Å². The molecule has 7 amide bonds. The maximum atomic E-state index is 13.2. The van der Waals surface area contributed by atoms with E-state index in [-0.39, 0.29) is 69.6 Å². The molecule has 0 spiro atoms. The van der Waals surface area contributed by atoms with Crippen LogP contribution in [-0.4, -0.2) is 402 Å². The number of nitrogens with two attached hydrogens (primary N) is 1. The number of ketones is 1. The predicted octanol–water partition coefficient (Wildman–Crippen LogP) is -1.31. The summed E-state index contributed by atoms with van der Waals surface area (Å²) in [5, 5.41) is 10.2. The molecule has 1 heterocycles. The Bertz CT molecular complexity index is 2250. The number of Topliss-reactive ketones (excluding diaryl/α,β-unsaturated/α-hetero) is 1. The molecule has 0 saturated heterocycles. The third kappa shape index (κ3) is 71.9. The average Bonchev–Trinajstić information content (AvgIpc) is 1.85. The van der Waals surface area contributed by atoms with Crippen LogP contribution in [0.4, 0.5) is 4.79 Å². The molecule has 110 heavy (non-hydrogen) atoms. The minimum atomic E-state index is -0.982. The average molecular weight is 1590 g/mol. The molecule has 0 aromatic carbocycles. The third-order valence-electron chi connectivity index (χ3n) is 14.6. The minimum Gasteiger partial charge on any atom is -0.379 e. The van der Waals surface area contributed by atoms with Crippen LogP contribution in [0.5, 0.6) is 0 Å². The fraction of sp³-hybridized carbons (Fsp3) is 0.861. The summed E-state index contributed by atoms with van der Waals surface area (Å²) < 4.78 is 139. The summed E-state index contributed by atoms with van der Waals surface area (Å²) in [6, 6.07) is -1.58. The second kappa shape index (κ2) is 81.9. The van der Waals surface area contributed by atoms with E-state index in [1.165, 1.54) is 12.2 Å². The lowest BCUT2D eigenvalue weighted by Gasteiger charge is -2.24. The Morgan fingerprint density at radius 3 is 0.891 bits per heavy atom. The normalized spacial score (nSPS) is 12.9. The van der Waals surface area contributed by atoms with Crippen molar-refractivity contribution in [3.63, 3.8) is 0 Å². The molecule has 0 fully saturated rings. The number of rotatable bonds is 90. The molecule has 0 saturated carbocycles. The molecule has 38 heteroatoms. The van der Waals surface area contributed by atoms with Gasteiger partial charge in [0.1, 0.15) is 7.63 Å². The quantitative estimate of drug-likeness (QED) is 0.0268. The van der Waals surface area contributed by atoms with Crippen molar-refractivity contribution in [2.24, 2.45) is 17.6 Å². The number of nitrogens with zero attached hydrogens (tertiary/aromatic N) is 1. The van der Waals surface area contributed by atoms with E-state index in [1.54, 1.807) is 13.8 Å². The molecule has 1 aliphatic heterocycles. The van der Waals surface area contributed by atoms with Crippen molar-refractivity contribution < 1.29 is 153 Å². The van der Waals surface area contributed by atoms with Gasteiger partial charge >= 0.3 is 6.03 Å². The summed E-state index contributed by atoms with van der Waals surface area (Å²) >= 11 is 0. The van der Waals surface area contributed by atoms with Crippen LogP contribution in [0.2, 0.25) is 0 Å². The van der Waals surface area contributed by atoms with E-state index in [2.05, 4.69) is 21.3 Å².